The maximum Gasteiger partial charge on any atom is 0.336 e. The lowest BCUT2D eigenvalue weighted by molar-refractivity contribution is -0.116. The zero-order valence-corrected chi connectivity index (χ0v) is 20.9. The number of rotatable bonds is 10. The van der Waals surface area contributed by atoms with Gasteiger partial charge in [0.05, 0.1) is 12.3 Å². The Bertz CT molecular complexity index is 1360. The van der Waals surface area contributed by atoms with Crippen LogP contribution in [0.25, 0.3) is 17.1 Å². The molecule has 1 amide bonds. The van der Waals surface area contributed by atoms with E-state index in [9.17, 15) is 4.79 Å². The van der Waals surface area contributed by atoms with Crippen LogP contribution in [0.3, 0.4) is 0 Å². The molecular weight excluding hydrogens is 496 g/mol. The highest BCUT2D eigenvalue weighted by Gasteiger charge is 2.20. The van der Waals surface area contributed by atoms with Gasteiger partial charge in [-0.3, -0.25) is 4.79 Å². The van der Waals surface area contributed by atoms with Crippen molar-refractivity contribution in [1.82, 2.24) is 14.8 Å². The van der Waals surface area contributed by atoms with Gasteiger partial charge in [-0.2, -0.15) is 4.98 Å². The average Bonchev–Trinajstić information content (AvgIpc) is 3.58. The largest absolute Gasteiger partial charge is 0.460 e. The fourth-order valence-corrected chi connectivity index (χ4v) is 3.96. The molecule has 10 heteroatoms. The van der Waals surface area contributed by atoms with Gasteiger partial charge >= 0.3 is 6.01 Å². The van der Waals surface area contributed by atoms with E-state index in [-0.39, 0.29) is 18.7 Å². The topological polar surface area (TPSA) is 96.7 Å². The van der Waals surface area contributed by atoms with Crippen molar-refractivity contribution in [1.29, 1.82) is 0 Å². The number of carbonyl (C=O) groups is 1. The van der Waals surface area contributed by atoms with E-state index < -0.39 is 5.38 Å². The van der Waals surface area contributed by atoms with Crippen LogP contribution < -0.4 is 19.5 Å². The summed E-state index contributed by atoms with van der Waals surface area (Å²) in [6, 6.07) is 22.2. The van der Waals surface area contributed by atoms with E-state index in [2.05, 4.69) is 15.4 Å². The third-order valence-corrected chi connectivity index (χ3v) is 6.03. The fourth-order valence-electron chi connectivity index (χ4n) is 3.76. The monoisotopic (exact) mass is 520 g/mol. The lowest BCUT2D eigenvalue weighted by Crippen LogP contribution is -2.17. The molecule has 190 valence electrons. The van der Waals surface area contributed by atoms with Crippen molar-refractivity contribution < 1.29 is 23.7 Å². The van der Waals surface area contributed by atoms with Crippen LogP contribution in [0.4, 0.5) is 5.69 Å². The highest BCUT2D eigenvalue weighted by molar-refractivity contribution is 6.32. The van der Waals surface area contributed by atoms with Crippen LogP contribution in [0, 0.1) is 0 Å². The molecule has 0 unspecified atom stereocenters. The summed E-state index contributed by atoms with van der Waals surface area (Å²) in [4.78, 5) is 17.2. The van der Waals surface area contributed by atoms with Crippen molar-refractivity contribution in [2.75, 3.05) is 31.9 Å². The third-order valence-electron chi connectivity index (χ3n) is 5.58. The summed E-state index contributed by atoms with van der Waals surface area (Å²) in [5.41, 5.74) is 2.84. The molecule has 1 N–H and O–H groups in total. The molecule has 4 aromatic rings. The minimum Gasteiger partial charge on any atom is -0.460 e. The zero-order chi connectivity index (χ0) is 25.6. The molecule has 1 aromatic heterocycles. The van der Waals surface area contributed by atoms with Gasteiger partial charge in [-0.25, -0.2) is 4.68 Å². The summed E-state index contributed by atoms with van der Waals surface area (Å²) in [5, 5.41) is 6.61. The molecule has 0 saturated carbocycles. The number of fused-ring (bicyclic) bond motifs is 1. The van der Waals surface area contributed by atoms with Crippen LogP contribution in [-0.2, 0) is 9.53 Å². The van der Waals surface area contributed by atoms with Gasteiger partial charge < -0.3 is 24.3 Å². The number of halogens is 1. The van der Waals surface area contributed by atoms with Crippen molar-refractivity contribution in [2.24, 2.45) is 0 Å². The predicted molar refractivity (Wildman–Crippen MR) is 139 cm³/mol. The zero-order valence-electron chi connectivity index (χ0n) is 20.1. The van der Waals surface area contributed by atoms with Crippen molar-refractivity contribution in [3.63, 3.8) is 0 Å². The van der Waals surface area contributed by atoms with Crippen molar-refractivity contribution in [3.8, 4) is 34.6 Å². The van der Waals surface area contributed by atoms with Crippen LogP contribution >= 0.6 is 11.6 Å². The first kappa shape index (κ1) is 24.6. The first-order valence-electron chi connectivity index (χ1n) is 11.8. The first-order chi connectivity index (χ1) is 18.1. The Morgan fingerprint density at radius 3 is 2.62 bits per heavy atom. The Morgan fingerprint density at radius 2 is 1.84 bits per heavy atom. The number of alkyl halides is 1. The summed E-state index contributed by atoms with van der Waals surface area (Å²) in [7, 11) is 0. The number of amides is 1. The second-order valence-electron chi connectivity index (χ2n) is 8.05. The van der Waals surface area contributed by atoms with Gasteiger partial charge in [0.15, 0.2) is 17.3 Å². The summed E-state index contributed by atoms with van der Waals surface area (Å²) in [6.07, 6.45) is 0. The fraction of sp³-hybridized carbons (Fsp3) is 0.222. The van der Waals surface area contributed by atoms with Crippen LogP contribution in [0.1, 0.15) is 17.9 Å². The Labute approximate surface area is 218 Å². The Hall–Kier alpha value is -4.08. The minimum absolute atomic E-state index is 0.178. The Morgan fingerprint density at radius 1 is 1.05 bits per heavy atom. The molecule has 1 aliphatic heterocycles. The van der Waals surface area contributed by atoms with E-state index in [1.807, 2.05) is 67.6 Å². The van der Waals surface area contributed by atoms with Gasteiger partial charge in [0, 0.05) is 17.9 Å². The normalized spacial score (nSPS) is 12.8. The molecular formula is C27H25ClN4O5. The van der Waals surface area contributed by atoms with E-state index in [1.54, 1.807) is 16.8 Å². The molecule has 37 heavy (non-hydrogen) atoms. The highest BCUT2D eigenvalue weighted by Crippen LogP contribution is 2.36. The maximum absolute atomic E-state index is 12.6. The van der Waals surface area contributed by atoms with Crippen molar-refractivity contribution >= 4 is 23.2 Å². The number of carbonyl (C=O) groups excluding carboxylic acids is 1. The standard InChI is InChI=1S/C27H25ClN4O5/c1-2-34-14-15-35-27-30-25(19-8-13-22-23(16-19)37-17-36-22)32(31-27)21-11-9-20(10-12-21)29-26(33)24(28)18-6-4-3-5-7-18/h3-13,16,24H,2,14-15,17H2,1H3,(H,29,33)/t24-/m1/s1. The van der Waals surface area contributed by atoms with Crippen LogP contribution in [-0.4, -0.2) is 47.3 Å². The van der Waals surface area contributed by atoms with E-state index in [4.69, 9.17) is 30.5 Å². The van der Waals surface area contributed by atoms with Crippen LogP contribution in [0.15, 0.2) is 72.8 Å². The Kier molecular flexibility index (Phi) is 7.53. The number of benzene rings is 3. The van der Waals surface area contributed by atoms with E-state index in [1.165, 1.54) is 0 Å². The van der Waals surface area contributed by atoms with Gasteiger partial charge in [-0.15, -0.1) is 16.7 Å². The molecule has 0 saturated heterocycles. The molecule has 9 nitrogen and oxygen atoms in total. The van der Waals surface area contributed by atoms with Gasteiger partial charge in [0.1, 0.15) is 12.0 Å². The van der Waals surface area contributed by atoms with Crippen LogP contribution in [0.5, 0.6) is 17.5 Å². The summed E-state index contributed by atoms with van der Waals surface area (Å²) < 4.78 is 23.7. The SMILES string of the molecule is CCOCCOc1nc(-c2ccc3c(c2)OCO3)n(-c2ccc(NC(=O)[C@H](Cl)c3ccccc3)cc2)n1. The lowest BCUT2D eigenvalue weighted by atomic mass is 10.1. The first-order valence-corrected chi connectivity index (χ1v) is 12.2. The van der Waals surface area contributed by atoms with Crippen molar-refractivity contribution in [3.05, 3.63) is 78.4 Å². The number of nitrogens with one attached hydrogen (secondary N) is 1. The quantitative estimate of drug-likeness (QED) is 0.232. The average molecular weight is 521 g/mol. The second kappa shape index (κ2) is 11.3. The molecule has 1 aliphatic rings. The second-order valence-corrected chi connectivity index (χ2v) is 8.49. The lowest BCUT2D eigenvalue weighted by Gasteiger charge is -2.12. The number of hydrogen-bond acceptors (Lipinski definition) is 7. The maximum atomic E-state index is 12.6. The van der Waals surface area contributed by atoms with Gasteiger partial charge in [-0.1, -0.05) is 30.3 Å². The van der Waals surface area contributed by atoms with E-state index in [0.29, 0.717) is 42.8 Å². The van der Waals surface area contributed by atoms with E-state index >= 15 is 0 Å². The molecule has 1 atom stereocenters. The molecule has 0 fully saturated rings. The van der Waals surface area contributed by atoms with Gasteiger partial charge in [0.25, 0.3) is 0 Å². The molecule has 0 aliphatic carbocycles. The van der Waals surface area contributed by atoms with E-state index in [0.717, 1.165) is 16.8 Å². The number of hydrogen-bond donors (Lipinski definition) is 1. The summed E-state index contributed by atoms with van der Waals surface area (Å²) in [5.74, 6) is 1.56. The molecule has 0 spiro atoms. The minimum atomic E-state index is -0.801. The molecule has 3 aromatic carbocycles. The number of ether oxygens (including phenoxy) is 4. The molecule has 0 bridgehead atoms. The molecule has 5 rings (SSSR count). The predicted octanol–water partition coefficient (Wildman–Crippen LogP) is 5.00. The number of anilines is 1. The smallest absolute Gasteiger partial charge is 0.336 e. The Balaban J connectivity index is 1.38. The van der Waals surface area contributed by atoms with Gasteiger partial charge in [0.2, 0.25) is 12.7 Å². The number of nitrogens with zero attached hydrogens (tertiary/aromatic N) is 3. The van der Waals surface area contributed by atoms with Gasteiger partial charge in [-0.05, 0) is 55.0 Å². The number of aromatic nitrogens is 3. The third kappa shape index (κ3) is 5.68. The summed E-state index contributed by atoms with van der Waals surface area (Å²) >= 11 is 6.35. The van der Waals surface area contributed by atoms with Crippen LogP contribution in [0.2, 0.25) is 0 Å². The highest BCUT2D eigenvalue weighted by atomic mass is 35.5. The summed E-state index contributed by atoms with van der Waals surface area (Å²) in [6.45, 7) is 3.46. The molecule has 2 heterocycles. The molecule has 0 radical (unpaired) electrons. The van der Waals surface area contributed by atoms with Crippen molar-refractivity contribution in [2.45, 2.75) is 12.3 Å².